The second-order valence-electron chi connectivity index (χ2n) is 4.58. The van der Waals surface area contributed by atoms with E-state index >= 15 is 0 Å². The van der Waals surface area contributed by atoms with Gasteiger partial charge in [0, 0.05) is 23.6 Å². The Morgan fingerprint density at radius 2 is 1.94 bits per heavy atom. The lowest BCUT2D eigenvalue weighted by Gasteiger charge is -2.30. The summed E-state index contributed by atoms with van der Waals surface area (Å²) in [6.45, 7) is 4.97. The molecule has 2 N–H and O–H groups in total. The van der Waals surface area contributed by atoms with Gasteiger partial charge in [-0.15, -0.1) is 0 Å². The molecule has 0 aliphatic rings. The maximum atomic E-state index is 5.93. The lowest BCUT2D eigenvalue weighted by molar-refractivity contribution is 0.366. The lowest BCUT2D eigenvalue weighted by atomic mass is 9.78. The standard InChI is InChI=1S/C14H23NO2/c1-5-8-14(2,10-15)12-7-6-11(16-3)9-13(12)17-4/h6-7,9H,5,8,10,15H2,1-4H3. The molecule has 0 bridgehead atoms. The van der Waals surface area contributed by atoms with Crippen molar-refractivity contribution in [3.05, 3.63) is 23.8 Å². The summed E-state index contributed by atoms with van der Waals surface area (Å²) in [5.74, 6) is 1.66. The lowest BCUT2D eigenvalue weighted by Crippen LogP contribution is -2.32. The highest BCUT2D eigenvalue weighted by Gasteiger charge is 2.27. The monoisotopic (exact) mass is 237 g/mol. The van der Waals surface area contributed by atoms with Crippen LogP contribution in [0.4, 0.5) is 0 Å². The van der Waals surface area contributed by atoms with E-state index < -0.39 is 0 Å². The highest BCUT2D eigenvalue weighted by Crippen LogP contribution is 2.36. The third kappa shape index (κ3) is 2.91. The minimum absolute atomic E-state index is 0.0354. The number of hydrogen-bond acceptors (Lipinski definition) is 3. The van der Waals surface area contributed by atoms with Crippen LogP contribution in [0.5, 0.6) is 11.5 Å². The zero-order valence-corrected chi connectivity index (χ0v) is 11.2. The largest absolute Gasteiger partial charge is 0.497 e. The van der Waals surface area contributed by atoms with Crippen LogP contribution in [0, 0.1) is 0 Å². The highest BCUT2D eigenvalue weighted by molar-refractivity contribution is 5.45. The van der Waals surface area contributed by atoms with Crippen LogP contribution in [0.25, 0.3) is 0 Å². The molecule has 0 saturated heterocycles. The van der Waals surface area contributed by atoms with Gasteiger partial charge in [0.05, 0.1) is 14.2 Å². The van der Waals surface area contributed by atoms with E-state index in [9.17, 15) is 0 Å². The van der Waals surface area contributed by atoms with Gasteiger partial charge in [-0.1, -0.05) is 26.3 Å². The fourth-order valence-electron chi connectivity index (χ4n) is 2.20. The van der Waals surface area contributed by atoms with E-state index in [-0.39, 0.29) is 5.41 Å². The predicted octanol–water partition coefficient (Wildman–Crippen LogP) is 2.72. The number of hydrogen-bond donors (Lipinski definition) is 1. The molecule has 1 atom stereocenters. The molecule has 1 unspecified atom stereocenters. The van der Waals surface area contributed by atoms with Crippen LogP contribution in [0.1, 0.15) is 32.3 Å². The summed E-state index contributed by atoms with van der Waals surface area (Å²) >= 11 is 0. The van der Waals surface area contributed by atoms with Gasteiger partial charge in [0.1, 0.15) is 11.5 Å². The van der Waals surface area contributed by atoms with Crippen molar-refractivity contribution in [2.24, 2.45) is 5.73 Å². The molecule has 1 rings (SSSR count). The Hall–Kier alpha value is -1.22. The normalized spacial score (nSPS) is 14.2. The molecule has 0 aromatic heterocycles. The van der Waals surface area contributed by atoms with Crippen LogP contribution >= 0.6 is 0 Å². The average molecular weight is 237 g/mol. The topological polar surface area (TPSA) is 44.5 Å². The summed E-state index contributed by atoms with van der Waals surface area (Å²) in [5, 5.41) is 0. The SMILES string of the molecule is CCCC(C)(CN)c1ccc(OC)cc1OC. The number of nitrogens with two attached hydrogens (primary N) is 1. The molecule has 0 saturated carbocycles. The molecule has 96 valence electrons. The molecule has 3 nitrogen and oxygen atoms in total. The minimum atomic E-state index is -0.0354. The van der Waals surface area contributed by atoms with E-state index in [4.69, 9.17) is 15.2 Å². The first-order chi connectivity index (χ1) is 8.11. The summed E-state index contributed by atoms with van der Waals surface area (Å²) in [6.07, 6.45) is 2.15. The van der Waals surface area contributed by atoms with Gasteiger partial charge in [0.25, 0.3) is 0 Å². The number of ether oxygens (including phenoxy) is 2. The molecule has 0 spiro atoms. The smallest absolute Gasteiger partial charge is 0.126 e. The van der Waals surface area contributed by atoms with Gasteiger partial charge in [0.2, 0.25) is 0 Å². The second kappa shape index (κ2) is 5.92. The Morgan fingerprint density at radius 3 is 2.41 bits per heavy atom. The Balaban J connectivity index is 3.19. The fourth-order valence-corrected chi connectivity index (χ4v) is 2.20. The third-order valence-corrected chi connectivity index (χ3v) is 3.31. The van der Waals surface area contributed by atoms with Crippen LogP contribution in [-0.4, -0.2) is 20.8 Å². The summed E-state index contributed by atoms with van der Waals surface area (Å²) in [7, 11) is 3.34. The van der Waals surface area contributed by atoms with Gasteiger partial charge < -0.3 is 15.2 Å². The first-order valence-corrected chi connectivity index (χ1v) is 6.04. The number of benzene rings is 1. The second-order valence-corrected chi connectivity index (χ2v) is 4.58. The first-order valence-electron chi connectivity index (χ1n) is 6.04. The summed E-state index contributed by atoms with van der Waals surface area (Å²) in [6, 6.07) is 5.93. The Morgan fingerprint density at radius 1 is 1.24 bits per heavy atom. The van der Waals surface area contributed by atoms with E-state index in [1.807, 2.05) is 12.1 Å². The van der Waals surface area contributed by atoms with Crippen molar-refractivity contribution in [2.45, 2.75) is 32.1 Å². The van der Waals surface area contributed by atoms with Crippen molar-refractivity contribution >= 4 is 0 Å². The van der Waals surface area contributed by atoms with Gasteiger partial charge in [-0.25, -0.2) is 0 Å². The van der Waals surface area contributed by atoms with E-state index in [0.29, 0.717) is 6.54 Å². The van der Waals surface area contributed by atoms with Crippen molar-refractivity contribution in [3.8, 4) is 11.5 Å². The zero-order chi connectivity index (χ0) is 12.9. The van der Waals surface area contributed by atoms with Crippen LogP contribution in [0.15, 0.2) is 18.2 Å². The molecule has 0 aliphatic carbocycles. The molecule has 17 heavy (non-hydrogen) atoms. The van der Waals surface area contributed by atoms with E-state index in [1.165, 1.54) is 0 Å². The molecule has 0 radical (unpaired) electrons. The Bertz CT molecular complexity index is 365. The molecular weight excluding hydrogens is 214 g/mol. The minimum Gasteiger partial charge on any atom is -0.497 e. The molecule has 1 aromatic carbocycles. The van der Waals surface area contributed by atoms with Crippen LogP contribution in [0.2, 0.25) is 0 Å². The Kier molecular flexibility index (Phi) is 4.82. The molecule has 3 heteroatoms. The number of methoxy groups -OCH3 is 2. The van der Waals surface area contributed by atoms with Crippen LogP contribution in [0.3, 0.4) is 0 Å². The summed E-state index contributed by atoms with van der Waals surface area (Å²) in [5.41, 5.74) is 7.05. The van der Waals surface area contributed by atoms with Gasteiger partial charge in [-0.2, -0.15) is 0 Å². The fraction of sp³-hybridized carbons (Fsp3) is 0.571. The van der Waals surface area contributed by atoms with Crippen LogP contribution in [-0.2, 0) is 5.41 Å². The van der Waals surface area contributed by atoms with Crippen molar-refractivity contribution in [2.75, 3.05) is 20.8 Å². The van der Waals surface area contributed by atoms with Crippen molar-refractivity contribution < 1.29 is 9.47 Å². The average Bonchev–Trinajstić information content (AvgIpc) is 2.38. The van der Waals surface area contributed by atoms with Gasteiger partial charge in [-0.3, -0.25) is 0 Å². The van der Waals surface area contributed by atoms with E-state index in [2.05, 4.69) is 19.9 Å². The molecule has 0 aliphatic heterocycles. The van der Waals surface area contributed by atoms with Crippen molar-refractivity contribution in [1.82, 2.24) is 0 Å². The van der Waals surface area contributed by atoms with Crippen molar-refractivity contribution in [1.29, 1.82) is 0 Å². The predicted molar refractivity (Wildman–Crippen MR) is 70.9 cm³/mol. The summed E-state index contributed by atoms with van der Waals surface area (Å²) in [4.78, 5) is 0. The van der Waals surface area contributed by atoms with Gasteiger partial charge >= 0.3 is 0 Å². The quantitative estimate of drug-likeness (QED) is 0.827. The van der Waals surface area contributed by atoms with Crippen LogP contribution < -0.4 is 15.2 Å². The van der Waals surface area contributed by atoms with Gasteiger partial charge in [0.15, 0.2) is 0 Å². The highest BCUT2D eigenvalue weighted by atomic mass is 16.5. The molecule has 0 heterocycles. The van der Waals surface area contributed by atoms with Crippen molar-refractivity contribution in [3.63, 3.8) is 0 Å². The van der Waals surface area contributed by atoms with E-state index in [0.717, 1.165) is 29.9 Å². The van der Waals surface area contributed by atoms with E-state index in [1.54, 1.807) is 14.2 Å². The maximum absolute atomic E-state index is 5.93. The zero-order valence-electron chi connectivity index (χ0n) is 11.2. The maximum Gasteiger partial charge on any atom is 0.126 e. The Labute approximate surface area is 104 Å². The molecular formula is C14H23NO2. The first kappa shape index (κ1) is 13.8. The third-order valence-electron chi connectivity index (χ3n) is 3.31. The molecule has 0 fully saturated rings. The number of rotatable bonds is 6. The molecule has 1 aromatic rings. The summed E-state index contributed by atoms with van der Waals surface area (Å²) < 4.78 is 10.7. The van der Waals surface area contributed by atoms with Gasteiger partial charge in [-0.05, 0) is 12.5 Å². The molecule has 0 amide bonds.